The van der Waals surface area contributed by atoms with E-state index in [1.54, 1.807) is 6.21 Å². The van der Waals surface area contributed by atoms with Gasteiger partial charge in [0.05, 0.1) is 6.21 Å². The van der Waals surface area contributed by atoms with Gasteiger partial charge in [-0.25, -0.2) is 5.43 Å². The predicted molar refractivity (Wildman–Crippen MR) is 64.4 cm³/mol. The standard InChI is InChI=1S/C13H16N2O/c1-9-3-4-12(10(2)7-9)8-14-15-13(16)11-5-6-11/h3-4,7-8,11H,5-6H2,1-2H3,(H,15,16). The van der Waals surface area contributed by atoms with Crippen molar-refractivity contribution in [1.82, 2.24) is 5.43 Å². The number of nitrogens with one attached hydrogen (secondary N) is 1. The van der Waals surface area contributed by atoms with Crippen molar-refractivity contribution >= 4 is 12.1 Å². The summed E-state index contributed by atoms with van der Waals surface area (Å²) < 4.78 is 0. The molecule has 1 saturated carbocycles. The Kier molecular flexibility index (Phi) is 3.04. The molecule has 0 bridgehead atoms. The second-order valence-electron chi connectivity index (χ2n) is 4.37. The number of benzene rings is 1. The zero-order chi connectivity index (χ0) is 11.5. The van der Waals surface area contributed by atoms with Crippen molar-refractivity contribution in [2.75, 3.05) is 0 Å². The highest BCUT2D eigenvalue weighted by molar-refractivity contribution is 5.85. The number of aryl methyl sites for hydroxylation is 2. The number of hydrogen-bond acceptors (Lipinski definition) is 2. The van der Waals surface area contributed by atoms with Gasteiger partial charge >= 0.3 is 0 Å². The molecule has 1 aliphatic carbocycles. The summed E-state index contributed by atoms with van der Waals surface area (Å²) >= 11 is 0. The second kappa shape index (κ2) is 4.47. The highest BCUT2D eigenvalue weighted by atomic mass is 16.2. The monoisotopic (exact) mass is 216 g/mol. The van der Waals surface area contributed by atoms with Gasteiger partial charge in [-0.2, -0.15) is 5.10 Å². The topological polar surface area (TPSA) is 41.5 Å². The molecular formula is C13H16N2O. The van der Waals surface area contributed by atoms with Gasteiger partial charge in [-0.3, -0.25) is 4.79 Å². The molecule has 1 aliphatic rings. The number of carbonyl (C=O) groups excluding carboxylic acids is 1. The summed E-state index contributed by atoms with van der Waals surface area (Å²) in [5.41, 5.74) is 6.01. The van der Waals surface area contributed by atoms with Crippen molar-refractivity contribution in [3.05, 3.63) is 34.9 Å². The second-order valence-corrected chi connectivity index (χ2v) is 4.37. The number of amides is 1. The van der Waals surface area contributed by atoms with E-state index in [0.29, 0.717) is 0 Å². The molecule has 0 radical (unpaired) electrons. The SMILES string of the molecule is Cc1ccc(C=NNC(=O)C2CC2)c(C)c1. The molecule has 1 fully saturated rings. The fraction of sp³-hybridized carbons (Fsp3) is 0.385. The first-order valence-corrected chi connectivity index (χ1v) is 5.57. The Hall–Kier alpha value is -1.64. The van der Waals surface area contributed by atoms with Crippen LogP contribution >= 0.6 is 0 Å². The maximum Gasteiger partial charge on any atom is 0.243 e. The Morgan fingerprint density at radius 1 is 1.44 bits per heavy atom. The summed E-state index contributed by atoms with van der Waals surface area (Å²) in [5.74, 6) is 0.247. The van der Waals surface area contributed by atoms with Crippen LogP contribution in [0.25, 0.3) is 0 Å². The molecule has 0 unspecified atom stereocenters. The smallest absolute Gasteiger partial charge is 0.243 e. The highest BCUT2D eigenvalue weighted by Crippen LogP contribution is 2.28. The maximum atomic E-state index is 11.3. The molecule has 16 heavy (non-hydrogen) atoms. The van der Waals surface area contributed by atoms with E-state index in [0.717, 1.165) is 18.4 Å². The fourth-order valence-electron chi connectivity index (χ4n) is 1.57. The van der Waals surface area contributed by atoms with E-state index in [4.69, 9.17) is 0 Å². The third-order valence-electron chi connectivity index (χ3n) is 2.75. The van der Waals surface area contributed by atoms with Crippen LogP contribution in [0, 0.1) is 19.8 Å². The summed E-state index contributed by atoms with van der Waals surface area (Å²) in [6.07, 6.45) is 3.71. The van der Waals surface area contributed by atoms with Gasteiger partial charge in [0.1, 0.15) is 0 Å². The third-order valence-corrected chi connectivity index (χ3v) is 2.75. The maximum absolute atomic E-state index is 11.3. The van der Waals surface area contributed by atoms with Crippen LogP contribution < -0.4 is 5.43 Å². The zero-order valence-corrected chi connectivity index (χ0v) is 9.66. The molecule has 1 aromatic carbocycles. The minimum atomic E-state index is 0.0426. The average Bonchev–Trinajstić information content (AvgIpc) is 3.04. The number of hydrogen-bond donors (Lipinski definition) is 1. The van der Waals surface area contributed by atoms with Gasteiger partial charge in [-0.1, -0.05) is 23.8 Å². The molecule has 1 N–H and O–H groups in total. The summed E-state index contributed by atoms with van der Waals surface area (Å²) in [4.78, 5) is 11.3. The van der Waals surface area contributed by atoms with Crippen LogP contribution in [0.4, 0.5) is 0 Å². The lowest BCUT2D eigenvalue weighted by Crippen LogP contribution is -2.19. The van der Waals surface area contributed by atoms with E-state index in [1.165, 1.54) is 11.1 Å². The molecule has 1 aromatic rings. The van der Waals surface area contributed by atoms with Gasteiger partial charge in [-0.15, -0.1) is 0 Å². The molecule has 0 atom stereocenters. The fourth-order valence-corrected chi connectivity index (χ4v) is 1.57. The number of hydrazone groups is 1. The van der Waals surface area contributed by atoms with Gasteiger partial charge in [0.25, 0.3) is 0 Å². The van der Waals surface area contributed by atoms with E-state index in [1.807, 2.05) is 19.1 Å². The molecule has 1 amide bonds. The first-order valence-electron chi connectivity index (χ1n) is 5.57. The predicted octanol–water partition coefficient (Wildman–Crippen LogP) is 2.16. The van der Waals surface area contributed by atoms with Gasteiger partial charge in [0.15, 0.2) is 0 Å². The Balaban J connectivity index is 1.97. The summed E-state index contributed by atoms with van der Waals surface area (Å²) in [6.45, 7) is 4.10. The highest BCUT2D eigenvalue weighted by Gasteiger charge is 2.29. The van der Waals surface area contributed by atoms with Crippen LogP contribution in [0.2, 0.25) is 0 Å². The molecule has 0 heterocycles. The largest absolute Gasteiger partial charge is 0.273 e. The van der Waals surface area contributed by atoms with Gasteiger partial charge in [0.2, 0.25) is 5.91 Å². The van der Waals surface area contributed by atoms with Gasteiger partial charge in [0, 0.05) is 5.92 Å². The van der Waals surface area contributed by atoms with E-state index < -0.39 is 0 Å². The Labute approximate surface area is 95.6 Å². The van der Waals surface area contributed by atoms with E-state index in [9.17, 15) is 4.79 Å². The number of carbonyl (C=O) groups is 1. The summed E-state index contributed by atoms with van der Waals surface area (Å²) in [5, 5.41) is 3.97. The molecule has 84 valence electrons. The van der Waals surface area contributed by atoms with Gasteiger partial charge < -0.3 is 0 Å². The first kappa shape index (κ1) is 10.9. The van der Waals surface area contributed by atoms with Crippen LogP contribution in [-0.4, -0.2) is 12.1 Å². The Morgan fingerprint density at radius 3 is 2.81 bits per heavy atom. The Bertz CT molecular complexity index is 434. The van der Waals surface area contributed by atoms with E-state index >= 15 is 0 Å². The van der Waals surface area contributed by atoms with Crippen molar-refractivity contribution in [2.45, 2.75) is 26.7 Å². The molecule has 3 heteroatoms. The lowest BCUT2D eigenvalue weighted by atomic mass is 10.1. The summed E-state index contributed by atoms with van der Waals surface area (Å²) in [7, 11) is 0. The van der Waals surface area contributed by atoms with Crippen molar-refractivity contribution in [2.24, 2.45) is 11.0 Å². The first-order chi connectivity index (χ1) is 7.66. The van der Waals surface area contributed by atoms with E-state index in [-0.39, 0.29) is 11.8 Å². The quantitative estimate of drug-likeness (QED) is 0.610. The molecule has 0 spiro atoms. The molecule has 3 nitrogen and oxygen atoms in total. The molecule has 0 aromatic heterocycles. The lowest BCUT2D eigenvalue weighted by Gasteiger charge is -2.01. The van der Waals surface area contributed by atoms with E-state index in [2.05, 4.69) is 23.5 Å². The van der Waals surface area contributed by atoms with Crippen LogP contribution in [0.5, 0.6) is 0 Å². The van der Waals surface area contributed by atoms with Crippen LogP contribution in [0.15, 0.2) is 23.3 Å². The van der Waals surface area contributed by atoms with Crippen LogP contribution in [0.1, 0.15) is 29.5 Å². The van der Waals surface area contributed by atoms with Crippen molar-refractivity contribution in [3.63, 3.8) is 0 Å². The lowest BCUT2D eigenvalue weighted by molar-refractivity contribution is -0.122. The van der Waals surface area contributed by atoms with Crippen molar-refractivity contribution in [3.8, 4) is 0 Å². The van der Waals surface area contributed by atoms with Crippen molar-refractivity contribution in [1.29, 1.82) is 0 Å². The minimum Gasteiger partial charge on any atom is -0.273 e. The van der Waals surface area contributed by atoms with Gasteiger partial charge in [-0.05, 0) is 37.8 Å². The third kappa shape index (κ3) is 2.69. The molecule has 0 aliphatic heterocycles. The minimum absolute atomic E-state index is 0.0426. The molecular weight excluding hydrogens is 200 g/mol. The van der Waals surface area contributed by atoms with Crippen molar-refractivity contribution < 1.29 is 4.79 Å². The molecule has 2 rings (SSSR count). The van der Waals surface area contributed by atoms with Crippen LogP contribution in [0.3, 0.4) is 0 Å². The summed E-state index contributed by atoms with van der Waals surface area (Å²) in [6, 6.07) is 6.15. The Morgan fingerprint density at radius 2 is 2.19 bits per heavy atom. The molecule has 0 saturated heterocycles. The normalized spacial score (nSPS) is 15.4. The number of rotatable bonds is 3. The average molecular weight is 216 g/mol. The zero-order valence-electron chi connectivity index (χ0n) is 9.66. The number of nitrogens with zero attached hydrogens (tertiary/aromatic N) is 1. The van der Waals surface area contributed by atoms with Crippen LogP contribution in [-0.2, 0) is 4.79 Å².